The van der Waals surface area contributed by atoms with E-state index in [1.54, 1.807) is 0 Å². The maximum absolute atomic E-state index is 10.6. The molecule has 4 nitrogen and oxygen atoms in total. The topological polar surface area (TPSA) is 44.7 Å². The van der Waals surface area contributed by atoms with Crippen molar-refractivity contribution in [2.24, 2.45) is 0 Å². The lowest BCUT2D eigenvalue weighted by molar-refractivity contribution is -0.0572. The number of hydrogen-bond donors (Lipinski definition) is 2. The number of anilines is 1. The predicted octanol–water partition coefficient (Wildman–Crippen LogP) is 2.43. The fraction of sp³-hybridized carbons (Fsp3) is 0.625. The maximum atomic E-state index is 10.6. The van der Waals surface area contributed by atoms with Crippen LogP contribution in [0.1, 0.15) is 25.3 Å². The summed E-state index contributed by atoms with van der Waals surface area (Å²) in [6, 6.07) is 6.09. The van der Waals surface area contributed by atoms with Crippen LogP contribution in [0.5, 0.6) is 0 Å². The highest BCUT2D eigenvalue weighted by molar-refractivity contribution is 6.33. The van der Waals surface area contributed by atoms with Gasteiger partial charge in [0.1, 0.15) is 0 Å². The van der Waals surface area contributed by atoms with Gasteiger partial charge in [-0.25, -0.2) is 0 Å². The van der Waals surface area contributed by atoms with E-state index < -0.39 is 5.60 Å². The summed E-state index contributed by atoms with van der Waals surface area (Å²) in [5.74, 6) is 0. The van der Waals surface area contributed by atoms with Crippen molar-refractivity contribution < 1.29 is 9.84 Å². The number of benzene rings is 1. The Bertz CT molecular complexity index is 462. The molecule has 1 aromatic carbocycles. The number of nitrogens with one attached hydrogen (secondary N) is 1. The smallest absolute Gasteiger partial charge is 0.0865 e. The molecule has 2 rings (SSSR count). The molecule has 0 spiro atoms. The third-order valence-electron chi connectivity index (χ3n) is 3.96. The van der Waals surface area contributed by atoms with Crippen LogP contribution in [0.15, 0.2) is 18.2 Å². The standard InChI is InChI=1S/C16H25ClN2O2/c1-3-18-11-13-4-5-15(14(17)10-13)19(2)12-16(20)6-8-21-9-7-16/h4-5,10,18,20H,3,6-9,11-12H2,1-2H3. The first-order valence-corrected chi connectivity index (χ1v) is 7.92. The van der Waals surface area contributed by atoms with Crippen LogP contribution >= 0.6 is 11.6 Å². The van der Waals surface area contributed by atoms with Gasteiger partial charge in [-0.2, -0.15) is 0 Å². The lowest BCUT2D eigenvalue weighted by atomic mass is 9.93. The van der Waals surface area contributed by atoms with Crippen molar-refractivity contribution in [2.45, 2.75) is 31.9 Å². The van der Waals surface area contributed by atoms with E-state index in [9.17, 15) is 5.11 Å². The number of aliphatic hydroxyl groups is 1. The first-order valence-electron chi connectivity index (χ1n) is 7.54. The third kappa shape index (κ3) is 4.58. The van der Waals surface area contributed by atoms with E-state index in [0.29, 0.717) is 32.6 Å². The molecule has 1 heterocycles. The minimum Gasteiger partial charge on any atom is -0.388 e. The summed E-state index contributed by atoms with van der Waals surface area (Å²) < 4.78 is 5.32. The summed E-state index contributed by atoms with van der Waals surface area (Å²) in [6.45, 7) is 5.66. The first-order chi connectivity index (χ1) is 10.0. The van der Waals surface area contributed by atoms with Crippen molar-refractivity contribution >= 4 is 17.3 Å². The number of halogens is 1. The highest BCUT2D eigenvalue weighted by Gasteiger charge is 2.31. The molecule has 5 heteroatoms. The molecule has 0 aromatic heterocycles. The Balaban J connectivity index is 2.03. The fourth-order valence-corrected chi connectivity index (χ4v) is 3.02. The molecule has 2 N–H and O–H groups in total. The number of nitrogens with zero attached hydrogens (tertiary/aromatic N) is 1. The molecule has 1 aliphatic heterocycles. The monoisotopic (exact) mass is 312 g/mol. The van der Waals surface area contributed by atoms with Crippen LogP contribution in [-0.2, 0) is 11.3 Å². The highest BCUT2D eigenvalue weighted by Crippen LogP contribution is 2.29. The first kappa shape index (κ1) is 16.6. The van der Waals surface area contributed by atoms with E-state index >= 15 is 0 Å². The fourth-order valence-electron chi connectivity index (χ4n) is 2.68. The van der Waals surface area contributed by atoms with Gasteiger partial charge in [-0.15, -0.1) is 0 Å². The number of hydrogen-bond acceptors (Lipinski definition) is 4. The van der Waals surface area contributed by atoms with Gasteiger partial charge >= 0.3 is 0 Å². The van der Waals surface area contributed by atoms with Crippen molar-refractivity contribution in [3.05, 3.63) is 28.8 Å². The number of likely N-dealkylation sites (N-methyl/N-ethyl adjacent to an activating group) is 1. The van der Waals surface area contributed by atoms with E-state index in [-0.39, 0.29) is 0 Å². The van der Waals surface area contributed by atoms with Gasteiger partial charge in [0, 0.05) is 46.2 Å². The molecule has 1 aliphatic rings. The molecule has 0 bridgehead atoms. The summed E-state index contributed by atoms with van der Waals surface area (Å²) >= 11 is 6.39. The Morgan fingerprint density at radius 2 is 2.10 bits per heavy atom. The van der Waals surface area contributed by atoms with Crippen LogP contribution in [0.3, 0.4) is 0 Å². The third-order valence-corrected chi connectivity index (χ3v) is 4.26. The summed E-state index contributed by atoms with van der Waals surface area (Å²) in [6.07, 6.45) is 1.35. The van der Waals surface area contributed by atoms with E-state index in [1.807, 2.05) is 24.1 Å². The van der Waals surface area contributed by atoms with E-state index in [0.717, 1.165) is 23.8 Å². The van der Waals surface area contributed by atoms with Gasteiger partial charge in [0.15, 0.2) is 0 Å². The molecule has 0 amide bonds. The molecule has 0 radical (unpaired) electrons. The zero-order valence-corrected chi connectivity index (χ0v) is 13.6. The molecule has 0 saturated carbocycles. The van der Waals surface area contributed by atoms with Gasteiger partial charge in [0.2, 0.25) is 0 Å². The lowest BCUT2D eigenvalue weighted by Gasteiger charge is -2.36. The van der Waals surface area contributed by atoms with Crippen molar-refractivity contribution in [3.63, 3.8) is 0 Å². The summed E-state index contributed by atoms with van der Waals surface area (Å²) in [5, 5.41) is 14.6. The minimum atomic E-state index is -0.682. The van der Waals surface area contributed by atoms with Crippen LogP contribution < -0.4 is 10.2 Å². The van der Waals surface area contributed by atoms with Crippen LogP contribution in [0.2, 0.25) is 5.02 Å². The molecular weight excluding hydrogens is 288 g/mol. The maximum Gasteiger partial charge on any atom is 0.0865 e. The molecule has 0 aliphatic carbocycles. The number of rotatable bonds is 6. The second-order valence-electron chi connectivity index (χ2n) is 5.76. The zero-order valence-electron chi connectivity index (χ0n) is 12.9. The second-order valence-corrected chi connectivity index (χ2v) is 6.17. The molecule has 1 aromatic rings. The van der Waals surface area contributed by atoms with Crippen molar-refractivity contribution in [3.8, 4) is 0 Å². The van der Waals surface area contributed by atoms with Gasteiger partial charge < -0.3 is 20.1 Å². The molecule has 0 unspecified atom stereocenters. The summed E-state index contributed by atoms with van der Waals surface area (Å²) in [4.78, 5) is 2.03. The van der Waals surface area contributed by atoms with Crippen LogP contribution in [-0.4, -0.2) is 44.1 Å². The minimum absolute atomic E-state index is 0.572. The quantitative estimate of drug-likeness (QED) is 0.847. The van der Waals surface area contributed by atoms with E-state index in [1.165, 1.54) is 5.56 Å². The second kappa shape index (κ2) is 7.45. The highest BCUT2D eigenvalue weighted by atomic mass is 35.5. The summed E-state index contributed by atoms with van der Waals surface area (Å²) in [7, 11) is 1.97. The average Bonchev–Trinajstić information content (AvgIpc) is 2.45. The summed E-state index contributed by atoms with van der Waals surface area (Å²) in [5.41, 5.74) is 1.44. The normalized spacial score (nSPS) is 17.7. The molecule has 1 saturated heterocycles. The molecular formula is C16H25ClN2O2. The number of ether oxygens (including phenoxy) is 1. The Labute approximate surface area is 132 Å². The van der Waals surface area contributed by atoms with Gasteiger partial charge in [-0.05, 0) is 24.2 Å². The van der Waals surface area contributed by atoms with Gasteiger partial charge in [-0.3, -0.25) is 0 Å². The Hall–Kier alpha value is -0.810. The van der Waals surface area contributed by atoms with E-state index in [2.05, 4.69) is 18.3 Å². The van der Waals surface area contributed by atoms with Gasteiger partial charge in [-0.1, -0.05) is 24.6 Å². The Morgan fingerprint density at radius 1 is 1.38 bits per heavy atom. The Kier molecular flexibility index (Phi) is 5.88. The van der Waals surface area contributed by atoms with Crippen LogP contribution in [0.25, 0.3) is 0 Å². The SMILES string of the molecule is CCNCc1ccc(N(C)CC2(O)CCOCC2)c(Cl)c1. The van der Waals surface area contributed by atoms with Crippen LogP contribution in [0, 0.1) is 0 Å². The molecule has 1 fully saturated rings. The van der Waals surface area contributed by atoms with E-state index in [4.69, 9.17) is 16.3 Å². The van der Waals surface area contributed by atoms with Crippen molar-refractivity contribution in [1.29, 1.82) is 0 Å². The van der Waals surface area contributed by atoms with Crippen molar-refractivity contribution in [2.75, 3.05) is 38.3 Å². The molecule has 0 atom stereocenters. The zero-order chi connectivity index (χ0) is 15.3. The Morgan fingerprint density at radius 3 is 2.71 bits per heavy atom. The largest absolute Gasteiger partial charge is 0.388 e. The molecule has 118 valence electrons. The average molecular weight is 313 g/mol. The predicted molar refractivity (Wildman–Crippen MR) is 87.1 cm³/mol. The van der Waals surface area contributed by atoms with Gasteiger partial charge in [0.05, 0.1) is 16.3 Å². The van der Waals surface area contributed by atoms with Gasteiger partial charge in [0.25, 0.3) is 0 Å². The lowest BCUT2D eigenvalue weighted by Crippen LogP contribution is -2.45. The van der Waals surface area contributed by atoms with Crippen molar-refractivity contribution in [1.82, 2.24) is 5.32 Å². The van der Waals surface area contributed by atoms with Crippen LogP contribution in [0.4, 0.5) is 5.69 Å². The molecule has 21 heavy (non-hydrogen) atoms.